The maximum absolute atomic E-state index is 11.6. The minimum atomic E-state index is -1.19. The Balaban J connectivity index is 2.29. The van der Waals surface area contributed by atoms with E-state index < -0.39 is 23.9 Å². The van der Waals surface area contributed by atoms with Crippen LogP contribution in [0.25, 0.3) is 0 Å². The van der Waals surface area contributed by atoms with Crippen molar-refractivity contribution in [2.24, 2.45) is 11.7 Å². The number of urea groups is 1. The summed E-state index contributed by atoms with van der Waals surface area (Å²) in [5.74, 6) is -1.43. The summed E-state index contributed by atoms with van der Waals surface area (Å²) in [6, 6.07) is -1.66. The zero-order valence-corrected chi connectivity index (χ0v) is 11.3. The fourth-order valence-electron chi connectivity index (χ4n) is 1.94. The molecule has 0 bridgehead atoms. The molecule has 8 nitrogen and oxygen atoms in total. The second kappa shape index (κ2) is 8.36. The van der Waals surface area contributed by atoms with E-state index in [9.17, 15) is 14.4 Å². The van der Waals surface area contributed by atoms with Crippen LogP contribution < -0.4 is 16.4 Å². The fraction of sp³-hybridized carbons (Fsp3) is 0.750. The van der Waals surface area contributed by atoms with Crippen molar-refractivity contribution in [2.45, 2.75) is 31.7 Å². The second-order valence-corrected chi connectivity index (χ2v) is 4.81. The van der Waals surface area contributed by atoms with E-state index in [1.165, 1.54) is 0 Å². The maximum Gasteiger partial charge on any atom is 0.326 e. The van der Waals surface area contributed by atoms with Crippen LogP contribution in [0.1, 0.15) is 25.7 Å². The zero-order valence-electron chi connectivity index (χ0n) is 11.3. The maximum atomic E-state index is 11.6. The molecule has 0 aromatic rings. The van der Waals surface area contributed by atoms with Crippen molar-refractivity contribution in [1.82, 2.24) is 10.6 Å². The molecule has 1 atom stereocenters. The lowest BCUT2D eigenvalue weighted by Gasteiger charge is -2.22. The van der Waals surface area contributed by atoms with Gasteiger partial charge in [0.1, 0.15) is 6.04 Å². The van der Waals surface area contributed by atoms with E-state index in [2.05, 4.69) is 10.6 Å². The smallest absolute Gasteiger partial charge is 0.326 e. The van der Waals surface area contributed by atoms with Gasteiger partial charge in [0.2, 0.25) is 5.91 Å². The average molecular weight is 287 g/mol. The topological polar surface area (TPSA) is 131 Å². The lowest BCUT2D eigenvalue weighted by Crippen LogP contribution is -2.47. The van der Waals surface area contributed by atoms with Crippen molar-refractivity contribution in [3.63, 3.8) is 0 Å². The third kappa shape index (κ3) is 6.37. The quantitative estimate of drug-likeness (QED) is 0.498. The Kier molecular flexibility index (Phi) is 6.78. The number of nitrogens with one attached hydrogen (secondary N) is 2. The number of hydrogen-bond acceptors (Lipinski definition) is 4. The molecule has 0 aromatic carbocycles. The van der Waals surface area contributed by atoms with Gasteiger partial charge in [-0.1, -0.05) is 0 Å². The fourth-order valence-corrected chi connectivity index (χ4v) is 1.94. The van der Waals surface area contributed by atoms with Gasteiger partial charge >= 0.3 is 12.0 Å². The molecule has 0 spiro atoms. The molecule has 0 aliphatic carbocycles. The van der Waals surface area contributed by atoms with Crippen LogP contribution in [0.4, 0.5) is 4.79 Å². The highest BCUT2D eigenvalue weighted by atomic mass is 16.5. The molecule has 8 heteroatoms. The lowest BCUT2D eigenvalue weighted by atomic mass is 10.0. The molecule has 5 N–H and O–H groups in total. The summed E-state index contributed by atoms with van der Waals surface area (Å²) in [6.45, 7) is 1.85. The lowest BCUT2D eigenvalue weighted by molar-refractivity contribution is -0.139. The number of hydrogen-bond donors (Lipinski definition) is 4. The van der Waals surface area contributed by atoms with Crippen LogP contribution in [0.5, 0.6) is 0 Å². The summed E-state index contributed by atoms with van der Waals surface area (Å²) < 4.78 is 5.21. The number of carboxylic acids is 1. The summed E-state index contributed by atoms with van der Waals surface area (Å²) in [7, 11) is 0. The van der Waals surface area contributed by atoms with Crippen LogP contribution in [-0.4, -0.2) is 48.8 Å². The number of primary amides is 1. The number of ether oxygens (including phenoxy) is 1. The van der Waals surface area contributed by atoms with Crippen LogP contribution in [0, 0.1) is 5.92 Å². The van der Waals surface area contributed by atoms with Crippen molar-refractivity contribution in [3.05, 3.63) is 0 Å². The Labute approximate surface area is 117 Å². The molecule has 0 unspecified atom stereocenters. The SMILES string of the molecule is NC(=O)CC[C@H](NC(=O)NCC1CCOCC1)C(=O)O. The van der Waals surface area contributed by atoms with E-state index in [1.54, 1.807) is 0 Å². The van der Waals surface area contributed by atoms with Crippen LogP contribution in [0.3, 0.4) is 0 Å². The van der Waals surface area contributed by atoms with Gasteiger partial charge in [0, 0.05) is 26.2 Å². The Bertz CT molecular complexity index is 355. The van der Waals surface area contributed by atoms with Gasteiger partial charge in [-0.05, 0) is 25.2 Å². The molecule has 0 aromatic heterocycles. The van der Waals surface area contributed by atoms with Crippen LogP contribution in [0.2, 0.25) is 0 Å². The molecule has 3 amide bonds. The van der Waals surface area contributed by atoms with E-state index >= 15 is 0 Å². The van der Waals surface area contributed by atoms with E-state index in [1.807, 2.05) is 0 Å². The number of carbonyl (C=O) groups excluding carboxylic acids is 2. The first kappa shape index (κ1) is 16.2. The van der Waals surface area contributed by atoms with E-state index in [-0.39, 0.29) is 12.8 Å². The third-order valence-electron chi connectivity index (χ3n) is 3.18. The number of aliphatic carboxylic acids is 1. The van der Waals surface area contributed by atoms with Crippen molar-refractivity contribution in [1.29, 1.82) is 0 Å². The summed E-state index contributed by atoms with van der Waals surface area (Å²) in [5.41, 5.74) is 4.96. The number of amides is 3. The normalized spacial score (nSPS) is 17.2. The molecule has 0 saturated carbocycles. The number of rotatable bonds is 7. The van der Waals surface area contributed by atoms with Gasteiger partial charge in [-0.15, -0.1) is 0 Å². The molecule has 1 saturated heterocycles. The van der Waals surface area contributed by atoms with Gasteiger partial charge in [0.25, 0.3) is 0 Å². The molecule has 1 heterocycles. The standard InChI is InChI=1S/C12H21N3O5/c13-10(16)2-1-9(11(17)18)15-12(19)14-7-8-3-5-20-6-4-8/h8-9H,1-7H2,(H2,13,16)(H,17,18)(H2,14,15,19)/t9-/m0/s1. The predicted octanol–water partition coefficient (Wildman–Crippen LogP) is -0.569. The summed E-state index contributed by atoms with van der Waals surface area (Å²) in [5, 5.41) is 13.9. The first-order valence-corrected chi connectivity index (χ1v) is 6.62. The molecule has 114 valence electrons. The highest BCUT2D eigenvalue weighted by Crippen LogP contribution is 2.13. The number of carboxylic acid groups (broad SMARTS) is 1. The minimum absolute atomic E-state index is 0.0185. The van der Waals surface area contributed by atoms with E-state index in [0.29, 0.717) is 25.7 Å². The molecule has 1 aliphatic rings. The van der Waals surface area contributed by atoms with Crippen molar-refractivity contribution in [3.8, 4) is 0 Å². The van der Waals surface area contributed by atoms with Gasteiger partial charge in [0.15, 0.2) is 0 Å². The monoisotopic (exact) mass is 287 g/mol. The molecule has 1 rings (SSSR count). The number of nitrogens with two attached hydrogens (primary N) is 1. The highest BCUT2D eigenvalue weighted by Gasteiger charge is 2.21. The van der Waals surface area contributed by atoms with E-state index in [0.717, 1.165) is 12.8 Å². The van der Waals surface area contributed by atoms with Crippen molar-refractivity contribution in [2.75, 3.05) is 19.8 Å². The van der Waals surface area contributed by atoms with Crippen molar-refractivity contribution < 1.29 is 24.2 Å². The van der Waals surface area contributed by atoms with Gasteiger partial charge in [-0.2, -0.15) is 0 Å². The van der Waals surface area contributed by atoms with Gasteiger partial charge in [-0.25, -0.2) is 9.59 Å². The molecule has 20 heavy (non-hydrogen) atoms. The zero-order chi connectivity index (χ0) is 15.0. The Hall–Kier alpha value is -1.83. The Morgan fingerprint density at radius 3 is 2.50 bits per heavy atom. The molecule has 0 radical (unpaired) electrons. The van der Waals surface area contributed by atoms with Gasteiger partial charge in [-0.3, -0.25) is 4.79 Å². The first-order valence-electron chi connectivity index (χ1n) is 6.62. The molecule has 1 fully saturated rings. The highest BCUT2D eigenvalue weighted by molar-refractivity contribution is 5.83. The van der Waals surface area contributed by atoms with Crippen LogP contribution >= 0.6 is 0 Å². The third-order valence-corrected chi connectivity index (χ3v) is 3.18. The second-order valence-electron chi connectivity index (χ2n) is 4.81. The summed E-state index contributed by atoms with van der Waals surface area (Å²) in [4.78, 5) is 33.2. The summed E-state index contributed by atoms with van der Waals surface area (Å²) in [6.07, 6.45) is 1.65. The molecular weight excluding hydrogens is 266 g/mol. The Morgan fingerprint density at radius 2 is 1.95 bits per heavy atom. The average Bonchev–Trinajstić information content (AvgIpc) is 2.41. The molecule has 1 aliphatic heterocycles. The Morgan fingerprint density at radius 1 is 1.30 bits per heavy atom. The van der Waals surface area contributed by atoms with Gasteiger partial charge in [0.05, 0.1) is 0 Å². The predicted molar refractivity (Wildman–Crippen MR) is 69.9 cm³/mol. The summed E-state index contributed by atoms with van der Waals surface area (Å²) >= 11 is 0. The van der Waals surface area contributed by atoms with Crippen LogP contribution in [-0.2, 0) is 14.3 Å². The van der Waals surface area contributed by atoms with Crippen LogP contribution in [0.15, 0.2) is 0 Å². The van der Waals surface area contributed by atoms with E-state index in [4.69, 9.17) is 15.6 Å². The largest absolute Gasteiger partial charge is 0.480 e. The van der Waals surface area contributed by atoms with Gasteiger partial charge < -0.3 is 26.2 Å². The first-order chi connectivity index (χ1) is 9.49. The van der Waals surface area contributed by atoms with Crippen molar-refractivity contribution >= 4 is 17.9 Å². The number of carbonyl (C=O) groups is 3. The molecular formula is C12H21N3O5. The minimum Gasteiger partial charge on any atom is -0.480 e.